The van der Waals surface area contributed by atoms with Crippen molar-refractivity contribution in [2.24, 2.45) is 0 Å². The van der Waals surface area contributed by atoms with Crippen LogP contribution in [-0.2, 0) is 4.79 Å². The van der Waals surface area contributed by atoms with Crippen molar-refractivity contribution in [2.75, 3.05) is 6.61 Å². The van der Waals surface area contributed by atoms with Crippen LogP contribution in [0.25, 0.3) is 10.8 Å². The van der Waals surface area contributed by atoms with Crippen molar-refractivity contribution in [3.63, 3.8) is 0 Å². The van der Waals surface area contributed by atoms with Crippen LogP contribution in [0.4, 0.5) is 0 Å². The molecule has 2 aromatic rings. The smallest absolute Gasteiger partial charge is 0.341 e. The zero-order valence-corrected chi connectivity index (χ0v) is 9.07. The van der Waals surface area contributed by atoms with Crippen LogP contribution in [0.2, 0.25) is 5.02 Å². The molecule has 0 aliphatic carbocycles. The van der Waals surface area contributed by atoms with Crippen LogP contribution >= 0.6 is 11.6 Å². The fourth-order valence-corrected chi connectivity index (χ4v) is 1.75. The van der Waals surface area contributed by atoms with Gasteiger partial charge in [-0.2, -0.15) is 0 Å². The van der Waals surface area contributed by atoms with Gasteiger partial charge in [0.1, 0.15) is 5.75 Å². The second kappa shape index (κ2) is 4.41. The van der Waals surface area contributed by atoms with Crippen LogP contribution < -0.4 is 4.74 Å². The van der Waals surface area contributed by atoms with Crippen molar-refractivity contribution in [3.05, 3.63) is 41.4 Å². The molecule has 0 bridgehead atoms. The highest BCUT2D eigenvalue weighted by atomic mass is 35.5. The number of carboxylic acid groups (broad SMARTS) is 1. The fraction of sp³-hybridized carbons (Fsp3) is 0.0833. The highest BCUT2D eigenvalue weighted by Gasteiger charge is 2.07. The molecule has 0 aliphatic heterocycles. The van der Waals surface area contributed by atoms with Gasteiger partial charge in [0.2, 0.25) is 0 Å². The standard InChI is InChI=1S/C12H9ClO3/c13-12-9-4-2-1-3-8(9)5-6-10(12)16-7-11(14)15/h1-6H,7H2,(H,14,15). The van der Waals surface area contributed by atoms with Gasteiger partial charge in [0.15, 0.2) is 6.61 Å². The van der Waals surface area contributed by atoms with Crippen LogP contribution in [0.3, 0.4) is 0 Å². The largest absolute Gasteiger partial charge is 0.480 e. The molecule has 0 unspecified atom stereocenters. The van der Waals surface area contributed by atoms with Crippen molar-refractivity contribution >= 4 is 28.3 Å². The number of hydrogen-bond acceptors (Lipinski definition) is 2. The monoisotopic (exact) mass is 236 g/mol. The molecule has 0 fully saturated rings. The Morgan fingerprint density at radius 1 is 1.25 bits per heavy atom. The van der Waals surface area contributed by atoms with E-state index in [9.17, 15) is 4.79 Å². The van der Waals surface area contributed by atoms with Gasteiger partial charge in [-0.15, -0.1) is 0 Å². The molecule has 4 heteroatoms. The number of fused-ring (bicyclic) bond motifs is 1. The first kappa shape index (κ1) is 10.8. The minimum atomic E-state index is -1.02. The van der Waals surface area contributed by atoms with Crippen molar-refractivity contribution in [2.45, 2.75) is 0 Å². The van der Waals surface area contributed by atoms with E-state index >= 15 is 0 Å². The van der Waals surface area contributed by atoms with Crippen molar-refractivity contribution in [1.29, 1.82) is 0 Å². The number of halogens is 1. The number of rotatable bonds is 3. The highest BCUT2D eigenvalue weighted by Crippen LogP contribution is 2.32. The molecule has 3 nitrogen and oxygen atoms in total. The van der Waals surface area contributed by atoms with E-state index in [-0.39, 0.29) is 0 Å². The van der Waals surface area contributed by atoms with Crippen LogP contribution in [0.5, 0.6) is 5.75 Å². The number of ether oxygens (including phenoxy) is 1. The molecule has 16 heavy (non-hydrogen) atoms. The maximum atomic E-state index is 10.4. The summed E-state index contributed by atoms with van der Waals surface area (Å²) >= 11 is 6.11. The molecular formula is C12H9ClO3. The highest BCUT2D eigenvalue weighted by molar-refractivity contribution is 6.37. The van der Waals surface area contributed by atoms with E-state index in [2.05, 4.69) is 0 Å². The lowest BCUT2D eigenvalue weighted by Gasteiger charge is -2.07. The van der Waals surface area contributed by atoms with E-state index in [0.717, 1.165) is 10.8 Å². The third-order valence-corrected chi connectivity index (χ3v) is 2.57. The van der Waals surface area contributed by atoms with Crippen molar-refractivity contribution in [3.8, 4) is 5.75 Å². The number of hydrogen-bond donors (Lipinski definition) is 1. The number of aliphatic carboxylic acids is 1. The normalized spacial score (nSPS) is 10.3. The summed E-state index contributed by atoms with van der Waals surface area (Å²) in [5, 5.41) is 10.8. The van der Waals surface area contributed by atoms with E-state index in [0.29, 0.717) is 10.8 Å². The lowest BCUT2D eigenvalue weighted by atomic mass is 10.1. The summed E-state index contributed by atoms with van der Waals surface area (Å²) in [5.41, 5.74) is 0. The number of carbonyl (C=O) groups is 1. The Bertz CT molecular complexity index is 537. The SMILES string of the molecule is O=C(O)COc1ccc2ccccc2c1Cl. The predicted octanol–water partition coefficient (Wildman–Crippen LogP) is 2.96. The maximum Gasteiger partial charge on any atom is 0.341 e. The summed E-state index contributed by atoms with van der Waals surface area (Å²) < 4.78 is 5.07. The van der Waals surface area contributed by atoms with Gasteiger partial charge in [0.25, 0.3) is 0 Å². The predicted molar refractivity (Wildman–Crippen MR) is 62.1 cm³/mol. The van der Waals surface area contributed by atoms with Gasteiger partial charge < -0.3 is 9.84 Å². The topological polar surface area (TPSA) is 46.5 Å². The van der Waals surface area contributed by atoms with Gasteiger partial charge in [-0.3, -0.25) is 0 Å². The first-order chi connectivity index (χ1) is 7.68. The van der Waals surface area contributed by atoms with E-state index < -0.39 is 12.6 Å². The zero-order chi connectivity index (χ0) is 11.5. The molecule has 0 spiro atoms. The molecule has 0 atom stereocenters. The van der Waals surface area contributed by atoms with Crippen LogP contribution in [0.15, 0.2) is 36.4 Å². The molecule has 2 rings (SSSR count). The third kappa shape index (κ3) is 2.09. The lowest BCUT2D eigenvalue weighted by Crippen LogP contribution is -2.09. The molecule has 0 radical (unpaired) electrons. The Balaban J connectivity index is 2.40. The summed E-state index contributed by atoms with van der Waals surface area (Å²) in [6.45, 7) is -0.391. The third-order valence-electron chi connectivity index (χ3n) is 2.18. The van der Waals surface area contributed by atoms with Gasteiger partial charge in [-0.05, 0) is 11.5 Å². The molecule has 82 valence electrons. The Morgan fingerprint density at radius 3 is 2.75 bits per heavy atom. The number of benzene rings is 2. The quantitative estimate of drug-likeness (QED) is 0.891. The molecule has 0 saturated carbocycles. The lowest BCUT2D eigenvalue weighted by molar-refractivity contribution is -0.139. The van der Waals surface area contributed by atoms with E-state index in [4.69, 9.17) is 21.4 Å². The average Bonchev–Trinajstić information content (AvgIpc) is 2.28. The second-order valence-electron chi connectivity index (χ2n) is 3.28. The minimum Gasteiger partial charge on any atom is -0.480 e. The minimum absolute atomic E-state index is 0.391. The average molecular weight is 237 g/mol. The molecule has 0 aliphatic rings. The van der Waals surface area contributed by atoms with Crippen molar-refractivity contribution < 1.29 is 14.6 Å². The fourth-order valence-electron chi connectivity index (χ4n) is 1.46. The van der Waals surface area contributed by atoms with Gasteiger partial charge in [-0.25, -0.2) is 4.79 Å². The Labute approximate surface area is 97.2 Å². The Hall–Kier alpha value is -1.74. The molecule has 0 aromatic heterocycles. The Morgan fingerprint density at radius 2 is 2.00 bits per heavy atom. The van der Waals surface area contributed by atoms with E-state index in [1.807, 2.05) is 30.3 Å². The van der Waals surface area contributed by atoms with E-state index in [1.165, 1.54) is 0 Å². The summed E-state index contributed by atoms with van der Waals surface area (Å²) in [7, 11) is 0. The first-order valence-corrected chi connectivity index (χ1v) is 5.08. The summed E-state index contributed by atoms with van der Waals surface area (Å²) in [6, 6.07) is 11.1. The van der Waals surface area contributed by atoms with Crippen LogP contribution in [0.1, 0.15) is 0 Å². The van der Waals surface area contributed by atoms with Gasteiger partial charge in [-0.1, -0.05) is 41.9 Å². The van der Waals surface area contributed by atoms with Crippen molar-refractivity contribution in [1.82, 2.24) is 0 Å². The van der Waals surface area contributed by atoms with Gasteiger partial charge in [0.05, 0.1) is 5.02 Å². The van der Waals surface area contributed by atoms with Crippen LogP contribution in [-0.4, -0.2) is 17.7 Å². The summed E-state index contributed by atoms with van der Waals surface area (Å²) in [6.07, 6.45) is 0. The van der Waals surface area contributed by atoms with Crippen LogP contribution in [0, 0.1) is 0 Å². The molecular weight excluding hydrogens is 228 g/mol. The molecule has 2 aromatic carbocycles. The zero-order valence-electron chi connectivity index (χ0n) is 8.31. The molecule has 0 heterocycles. The number of carboxylic acids is 1. The van der Waals surface area contributed by atoms with E-state index in [1.54, 1.807) is 6.07 Å². The molecule has 1 N–H and O–H groups in total. The molecule has 0 saturated heterocycles. The van der Waals surface area contributed by atoms with Gasteiger partial charge >= 0.3 is 5.97 Å². The van der Waals surface area contributed by atoms with Gasteiger partial charge in [0, 0.05) is 5.39 Å². The molecule has 0 amide bonds. The Kier molecular flexibility index (Phi) is 2.97. The first-order valence-electron chi connectivity index (χ1n) is 4.70. The second-order valence-corrected chi connectivity index (χ2v) is 3.66. The summed E-state index contributed by atoms with van der Waals surface area (Å²) in [4.78, 5) is 10.4. The maximum absolute atomic E-state index is 10.4. The summed E-state index contributed by atoms with van der Waals surface area (Å²) in [5.74, 6) is -0.632.